The summed E-state index contributed by atoms with van der Waals surface area (Å²) in [5.41, 5.74) is 4.09. The zero-order valence-corrected chi connectivity index (χ0v) is 16.7. The summed E-state index contributed by atoms with van der Waals surface area (Å²) in [7, 11) is 0. The van der Waals surface area contributed by atoms with Crippen molar-refractivity contribution in [2.24, 2.45) is 0 Å². The van der Waals surface area contributed by atoms with Gasteiger partial charge in [-0.3, -0.25) is 0 Å². The first kappa shape index (κ1) is 17.8. The summed E-state index contributed by atoms with van der Waals surface area (Å²) < 4.78 is 8.60. The second-order valence-corrected chi connectivity index (χ2v) is 8.07. The van der Waals surface area contributed by atoms with Gasteiger partial charge in [0, 0.05) is 18.1 Å². The molecule has 6 nitrogen and oxygen atoms in total. The lowest BCUT2D eigenvalue weighted by Crippen LogP contribution is -1.97. The minimum atomic E-state index is 0.619. The molecule has 4 aromatic rings. The van der Waals surface area contributed by atoms with E-state index in [9.17, 15) is 0 Å². The smallest absolute Gasteiger partial charge is 0.210 e. The predicted octanol–water partition coefficient (Wildman–Crippen LogP) is 4.93. The molecule has 0 saturated carbocycles. The van der Waals surface area contributed by atoms with E-state index in [1.807, 2.05) is 43.5 Å². The van der Waals surface area contributed by atoms with Crippen molar-refractivity contribution in [2.45, 2.75) is 23.9 Å². The molecule has 3 aromatic heterocycles. The molecule has 27 heavy (non-hydrogen) atoms. The number of pyridine rings is 1. The van der Waals surface area contributed by atoms with E-state index in [-0.39, 0.29) is 0 Å². The van der Waals surface area contributed by atoms with Crippen LogP contribution in [0.1, 0.15) is 18.2 Å². The fourth-order valence-corrected chi connectivity index (χ4v) is 4.34. The number of nitrogens with zero attached hydrogens (tertiary/aromatic N) is 4. The van der Waals surface area contributed by atoms with Crippen LogP contribution in [0.25, 0.3) is 5.65 Å². The fraction of sp³-hybridized carbons (Fsp3) is 0.211. The Morgan fingerprint density at radius 2 is 2.07 bits per heavy atom. The van der Waals surface area contributed by atoms with Crippen LogP contribution in [0.15, 0.2) is 53.1 Å². The lowest BCUT2D eigenvalue weighted by Gasteiger charge is -2.09. The molecule has 0 atom stereocenters. The molecule has 4 rings (SSSR count). The van der Waals surface area contributed by atoms with Gasteiger partial charge in [-0.25, -0.2) is 4.98 Å². The Kier molecular flexibility index (Phi) is 5.26. The van der Waals surface area contributed by atoms with E-state index in [1.165, 1.54) is 16.9 Å². The Hall–Kier alpha value is -2.58. The van der Waals surface area contributed by atoms with Crippen LogP contribution in [0.4, 0.5) is 10.8 Å². The SMILES string of the molecule is CCOc1ccccc1Nc1nnc(SCc2cn3cccc(C)c3n2)s1. The highest BCUT2D eigenvalue weighted by Gasteiger charge is 2.10. The molecule has 0 spiro atoms. The standard InChI is InChI=1S/C19H19N5OS2/c1-3-25-16-9-5-4-8-15(16)21-18-22-23-19(27-18)26-12-14-11-24-10-6-7-13(2)17(24)20-14/h4-11H,3,12H2,1-2H3,(H,21,22). The number of aromatic nitrogens is 4. The van der Waals surface area contributed by atoms with Gasteiger partial charge in [-0.05, 0) is 37.6 Å². The number of hydrogen-bond donors (Lipinski definition) is 1. The number of ether oxygens (including phenoxy) is 1. The lowest BCUT2D eigenvalue weighted by atomic mass is 10.3. The molecule has 1 aromatic carbocycles. The molecule has 0 aliphatic carbocycles. The largest absolute Gasteiger partial charge is 0.492 e. The fourth-order valence-electron chi connectivity index (χ4n) is 2.69. The number of fused-ring (bicyclic) bond motifs is 1. The van der Waals surface area contributed by atoms with Crippen molar-refractivity contribution < 1.29 is 4.74 Å². The monoisotopic (exact) mass is 397 g/mol. The highest BCUT2D eigenvalue weighted by atomic mass is 32.2. The number of benzene rings is 1. The first-order valence-corrected chi connectivity index (χ1v) is 10.4. The average Bonchev–Trinajstić information content (AvgIpc) is 3.29. The summed E-state index contributed by atoms with van der Waals surface area (Å²) in [6.45, 7) is 4.66. The van der Waals surface area contributed by atoms with Crippen LogP contribution in [0, 0.1) is 6.92 Å². The third kappa shape index (κ3) is 4.06. The maximum Gasteiger partial charge on any atom is 0.210 e. The van der Waals surface area contributed by atoms with Gasteiger partial charge in [-0.1, -0.05) is 41.3 Å². The van der Waals surface area contributed by atoms with E-state index >= 15 is 0 Å². The van der Waals surface area contributed by atoms with Gasteiger partial charge in [0.25, 0.3) is 0 Å². The van der Waals surface area contributed by atoms with E-state index in [4.69, 9.17) is 9.72 Å². The van der Waals surface area contributed by atoms with E-state index < -0.39 is 0 Å². The van der Waals surface area contributed by atoms with Gasteiger partial charge in [0.2, 0.25) is 5.13 Å². The number of aryl methyl sites for hydroxylation is 1. The summed E-state index contributed by atoms with van der Waals surface area (Å²) in [5, 5.41) is 12.5. The Balaban J connectivity index is 1.43. The number of hydrogen-bond acceptors (Lipinski definition) is 7. The van der Waals surface area contributed by atoms with Crippen molar-refractivity contribution in [3.63, 3.8) is 0 Å². The lowest BCUT2D eigenvalue weighted by molar-refractivity contribution is 0.342. The number of imidazole rings is 1. The molecular formula is C19H19N5OS2. The van der Waals surface area contributed by atoms with Crippen molar-refractivity contribution in [1.29, 1.82) is 0 Å². The maximum atomic E-state index is 5.64. The minimum absolute atomic E-state index is 0.619. The first-order chi connectivity index (χ1) is 13.2. The third-order valence-electron chi connectivity index (χ3n) is 3.91. The Morgan fingerprint density at radius 1 is 1.19 bits per heavy atom. The minimum Gasteiger partial charge on any atom is -0.492 e. The van der Waals surface area contributed by atoms with Crippen LogP contribution in [-0.2, 0) is 5.75 Å². The van der Waals surface area contributed by atoms with Crippen molar-refractivity contribution >= 4 is 39.6 Å². The number of anilines is 2. The molecule has 0 fully saturated rings. The Labute approximate surface area is 165 Å². The first-order valence-electron chi connectivity index (χ1n) is 8.61. The molecule has 0 bridgehead atoms. The maximum absolute atomic E-state index is 5.64. The van der Waals surface area contributed by atoms with Gasteiger partial charge in [0.05, 0.1) is 18.0 Å². The van der Waals surface area contributed by atoms with Crippen LogP contribution in [0.3, 0.4) is 0 Å². The molecule has 138 valence electrons. The van der Waals surface area contributed by atoms with Gasteiger partial charge in [0.15, 0.2) is 4.34 Å². The van der Waals surface area contributed by atoms with Crippen molar-refractivity contribution in [3.8, 4) is 5.75 Å². The topological polar surface area (TPSA) is 64.3 Å². The molecular weight excluding hydrogens is 378 g/mol. The average molecular weight is 398 g/mol. The molecule has 0 saturated heterocycles. The number of thioether (sulfide) groups is 1. The molecule has 1 N–H and O–H groups in total. The molecule has 0 amide bonds. The summed E-state index contributed by atoms with van der Waals surface area (Å²) in [5.74, 6) is 1.56. The van der Waals surface area contributed by atoms with Crippen LogP contribution < -0.4 is 10.1 Å². The van der Waals surface area contributed by atoms with Gasteiger partial charge in [-0.2, -0.15) is 0 Å². The van der Waals surface area contributed by atoms with Crippen LogP contribution in [-0.4, -0.2) is 26.2 Å². The van der Waals surface area contributed by atoms with Crippen LogP contribution in [0.5, 0.6) is 5.75 Å². The van der Waals surface area contributed by atoms with Crippen molar-refractivity contribution in [3.05, 3.63) is 60.0 Å². The second kappa shape index (κ2) is 7.98. The normalized spacial score (nSPS) is 11.0. The zero-order valence-electron chi connectivity index (χ0n) is 15.0. The molecule has 3 heterocycles. The summed E-state index contributed by atoms with van der Waals surface area (Å²) >= 11 is 3.16. The van der Waals surface area contributed by atoms with E-state index in [1.54, 1.807) is 11.8 Å². The van der Waals surface area contributed by atoms with Crippen LogP contribution in [0.2, 0.25) is 0 Å². The van der Waals surface area contributed by atoms with Gasteiger partial charge >= 0.3 is 0 Å². The van der Waals surface area contributed by atoms with E-state index in [2.05, 4.69) is 39.1 Å². The second-order valence-electron chi connectivity index (χ2n) is 5.87. The third-order valence-corrected chi connectivity index (χ3v) is 5.91. The van der Waals surface area contributed by atoms with Crippen LogP contribution >= 0.6 is 23.1 Å². The highest BCUT2D eigenvalue weighted by molar-refractivity contribution is 8.00. The Morgan fingerprint density at radius 3 is 2.93 bits per heavy atom. The Bertz CT molecular complexity index is 1060. The molecule has 0 radical (unpaired) electrons. The molecule has 0 aliphatic rings. The quantitative estimate of drug-likeness (QED) is 0.446. The number of para-hydroxylation sites is 2. The zero-order chi connectivity index (χ0) is 18.6. The molecule has 0 unspecified atom stereocenters. The summed E-state index contributed by atoms with van der Waals surface area (Å²) in [6.07, 6.45) is 4.08. The van der Waals surface area contributed by atoms with Gasteiger partial charge in [-0.15, -0.1) is 10.2 Å². The molecule has 8 heteroatoms. The summed E-state index contributed by atoms with van der Waals surface area (Å²) in [6, 6.07) is 11.9. The van der Waals surface area contributed by atoms with Gasteiger partial charge < -0.3 is 14.5 Å². The van der Waals surface area contributed by atoms with Crippen molar-refractivity contribution in [2.75, 3.05) is 11.9 Å². The highest BCUT2D eigenvalue weighted by Crippen LogP contribution is 2.32. The van der Waals surface area contributed by atoms with E-state index in [0.717, 1.165) is 38.0 Å². The molecule has 0 aliphatic heterocycles. The number of nitrogens with one attached hydrogen (secondary N) is 1. The van der Waals surface area contributed by atoms with E-state index in [0.29, 0.717) is 6.61 Å². The summed E-state index contributed by atoms with van der Waals surface area (Å²) in [4.78, 5) is 4.70. The predicted molar refractivity (Wildman–Crippen MR) is 110 cm³/mol. The van der Waals surface area contributed by atoms with Crippen molar-refractivity contribution in [1.82, 2.24) is 19.6 Å². The number of rotatable bonds is 7. The van der Waals surface area contributed by atoms with Gasteiger partial charge in [0.1, 0.15) is 11.4 Å².